The van der Waals surface area contributed by atoms with Crippen LogP contribution in [0.4, 0.5) is 5.82 Å². The fraction of sp³-hybridized carbons (Fsp3) is 0.444. The van der Waals surface area contributed by atoms with Crippen LogP contribution in [-0.4, -0.2) is 37.2 Å². The molecule has 0 saturated carbocycles. The summed E-state index contributed by atoms with van der Waals surface area (Å²) < 4.78 is 25.0. The SMILES string of the molecule is CCNS(=O)(=O)CCNc1cnc(C#N)cn1. The van der Waals surface area contributed by atoms with Crippen molar-refractivity contribution in [3.63, 3.8) is 0 Å². The Morgan fingerprint density at radius 1 is 1.41 bits per heavy atom. The van der Waals surface area contributed by atoms with Gasteiger partial charge in [-0.2, -0.15) is 5.26 Å². The monoisotopic (exact) mass is 255 g/mol. The summed E-state index contributed by atoms with van der Waals surface area (Å²) in [6.45, 7) is 2.33. The molecule has 0 bridgehead atoms. The van der Waals surface area contributed by atoms with Crippen molar-refractivity contribution in [2.45, 2.75) is 6.92 Å². The van der Waals surface area contributed by atoms with Crippen molar-refractivity contribution in [2.24, 2.45) is 0 Å². The minimum absolute atomic E-state index is 0.0392. The van der Waals surface area contributed by atoms with Gasteiger partial charge in [-0.25, -0.2) is 23.1 Å². The molecule has 0 aromatic carbocycles. The topological polar surface area (TPSA) is 108 Å². The smallest absolute Gasteiger partial charge is 0.213 e. The molecule has 0 amide bonds. The second-order valence-electron chi connectivity index (χ2n) is 3.14. The van der Waals surface area contributed by atoms with E-state index >= 15 is 0 Å². The summed E-state index contributed by atoms with van der Waals surface area (Å²) in [5.41, 5.74) is 0.218. The number of nitriles is 1. The lowest BCUT2D eigenvalue weighted by molar-refractivity contribution is 0.584. The van der Waals surface area contributed by atoms with E-state index in [0.717, 1.165) is 0 Å². The maximum absolute atomic E-state index is 11.3. The van der Waals surface area contributed by atoms with Crippen LogP contribution >= 0.6 is 0 Å². The van der Waals surface area contributed by atoms with E-state index in [2.05, 4.69) is 20.0 Å². The van der Waals surface area contributed by atoms with Gasteiger partial charge in [0.05, 0.1) is 18.1 Å². The van der Waals surface area contributed by atoms with Gasteiger partial charge in [0.2, 0.25) is 10.0 Å². The summed E-state index contributed by atoms with van der Waals surface area (Å²) in [7, 11) is -3.23. The number of rotatable bonds is 6. The Bertz CT molecular complexity index is 491. The van der Waals surface area contributed by atoms with E-state index in [-0.39, 0.29) is 18.0 Å². The highest BCUT2D eigenvalue weighted by molar-refractivity contribution is 7.89. The van der Waals surface area contributed by atoms with E-state index in [1.54, 1.807) is 6.92 Å². The van der Waals surface area contributed by atoms with Crippen molar-refractivity contribution < 1.29 is 8.42 Å². The molecule has 2 N–H and O–H groups in total. The molecule has 0 aliphatic rings. The first-order chi connectivity index (χ1) is 8.07. The molecule has 0 unspecified atom stereocenters. The molecule has 0 fully saturated rings. The largest absolute Gasteiger partial charge is 0.368 e. The predicted molar refractivity (Wildman–Crippen MR) is 62.7 cm³/mol. The molecule has 7 nitrogen and oxygen atoms in total. The summed E-state index contributed by atoms with van der Waals surface area (Å²) in [5.74, 6) is 0.401. The Balaban J connectivity index is 2.44. The second kappa shape index (κ2) is 6.12. The van der Waals surface area contributed by atoms with E-state index in [1.165, 1.54) is 12.4 Å². The maximum atomic E-state index is 11.3. The van der Waals surface area contributed by atoms with E-state index in [0.29, 0.717) is 12.4 Å². The van der Waals surface area contributed by atoms with Crippen LogP contribution in [-0.2, 0) is 10.0 Å². The van der Waals surface area contributed by atoms with Crippen molar-refractivity contribution in [2.75, 3.05) is 24.2 Å². The number of nitrogens with one attached hydrogen (secondary N) is 2. The van der Waals surface area contributed by atoms with Crippen molar-refractivity contribution in [3.8, 4) is 6.07 Å². The number of hydrogen-bond donors (Lipinski definition) is 2. The lowest BCUT2D eigenvalue weighted by atomic mass is 10.5. The fourth-order valence-corrected chi connectivity index (χ4v) is 2.04. The van der Waals surface area contributed by atoms with Crippen molar-refractivity contribution >= 4 is 15.8 Å². The lowest BCUT2D eigenvalue weighted by Gasteiger charge is -2.06. The van der Waals surface area contributed by atoms with Crippen molar-refractivity contribution in [3.05, 3.63) is 18.1 Å². The molecule has 0 radical (unpaired) electrons. The van der Waals surface area contributed by atoms with Gasteiger partial charge in [-0.05, 0) is 0 Å². The van der Waals surface area contributed by atoms with E-state index in [9.17, 15) is 8.42 Å². The number of hydrogen-bond acceptors (Lipinski definition) is 6. The molecule has 1 aromatic heterocycles. The van der Waals surface area contributed by atoms with Crippen LogP contribution in [0.5, 0.6) is 0 Å². The Kier molecular flexibility index (Phi) is 4.81. The highest BCUT2D eigenvalue weighted by Gasteiger charge is 2.07. The first kappa shape index (κ1) is 13.3. The van der Waals surface area contributed by atoms with Gasteiger partial charge in [0, 0.05) is 13.1 Å². The molecule has 17 heavy (non-hydrogen) atoms. The third-order valence-corrected chi connectivity index (χ3v) is 3.28. The van der Waals surface area contributed by atoms with Gasteiger partial charge < -0.3 is 5.32 Å². The summed E-state index contributed by atoms with van der Waals surface area (Å²) in [6, 6.07) is 1.84. The first-order valence-corrected chi connectivity index (χ1v) is 6.66. The molecule has 92 valence electrons. The van der Waals surface area contributed by atoms with Gasteiger partial charge in [-0.15, -0.1) is 0 Å². The minimum Gasteiger partial charge on any atom is -0.368 e. The van der Waals surface area contributed by atoms with Crippen LogP contribution in [0.15, 0.2) is 12.4 Å². The average Bonchev–Trinajstić information content (AvgIpc) is 2.29. The molecule has 0 spiro atoms. The summed E-state index contributed by atoms with van der Waals surface area (Å²) in [5, 5.41) is 11.3. The fourth-order valence-electron chi connectivity index (χ4n) is 1.08. The van der Waals surface area contributed by atoms with Crippen LogP contribution in [0.1, 0.15) is 12.6 Å². The van der Waals surface area contributed by atoms with Crippen LogP contribution in [0.3, 0.4) is 0 Å². The highest BCUT2D eigenvalue weighted by atomic mass is 32.2. The molecular weight excluding hydrogens is 242 g/mol. The molecule has 0 atom stereocenters. The normalized spacial score (nSPS) is 10.8. The third-order valence-electron chi connectivity index (χ3n) is 1.81. The molecule has 0 aliphatic heterocycles. The van der Waals surface area contributed by atoms with Gasteiger partial charge >= 0.3 is 0 Å². The van der Waals surface area contributed by atoms with Gasteiger partial charge in [-0.3, -0.25) is 0 Å². The standard InChI is InChI=1S/C9H13N5O2S/c1-2-14-17(15,16)4-3-11-9-7-12-8(5-10)6-13-9/h6-7,14H,2-4H2,1H3,(H,11,13). The van der Waals surface area contributed by atoms with Gasteiger partial charge in [0.1, 0.15) is 11.9 Å². The Labute approximate surface area is 99.9 Å². The average molecular weight is 255 g/mol. The molecule has 8 heteroatoms. The maximum Gasteiger partial charge on any atom is 0.213 e. The van der Waals surface area contributed by atoms with E-state index in [4.69, 9.17) is 5.26 Å². The van der Waals surface area contributed by atoms with Crippen molar-refractivity contribution in [1.82, 2.24) is 14.7 Å². The molecule has 1 rings (SSSR count). The Morgan fingerprint density at radius 3 is 2.71 bits per heavy atom. The molecule has 0 aliphatic carbocycles. The van der Waals surface area contributed by atoms with Crippen LogP contribution in [0, 0.1) is 11.3 Å². The Morgan fingerprint density at radius 2 is 2.18 bits per heavy atom. The molecule has 1 aromatic rings. The zero-order valence-electron chi connectivity index (χ0n) is 9.34. The number of anilines is 1. The summed E-state index contributed by atoms with van der Waals surface area (Å²) >= 11 is 0. The Hall–Kier alpha value is -1.72. The number of nitrogens with zero attached hydrogens (tertiary/aromatic N) is 3. The van der Waals surface area contributed by atoms with E-state index < -0.39 is 10.0 Å². The predicted octanol–water partition coefficient (Wildman–Crippen LogP) is -0.301. The lowest BCUT2D eigenvalue weighted by Crippen LogP contribution is -2.29. The van der Waals surface area contributed by atoms with Gasteiger partial charge in [0.15, 0.2) is 5.69 Å². The quantitative estimate of drug-likeness (QED) is 0.722. The number of aromatic nitrogens is 2. The second-order valence-corrected chi connectivity index (χ2v) is 5.07. The van der Waals surface area contributed by atoms with E-state index in [1.807, 2.05) is 6.07 Å². The summed E-state index contributed by atoms with van der Waals surface area (Å²) in [6.07, 6.45) is 2.71. The van der Waals surface area contributed by atoms with Crippen LogP contribution in [0.2, 0.25) is 0 Å². The first-order valence-electron chi connectivity index (χ1n) is 5.00. The molecule has 1 heterocycles. The summed E-state index contributed by atoms with van der Waals surface area (Å²) in [4.78, 5) is 7.70. The van der Waals surface area contributed by atoms with Crippen LogP contribution < -0.4 is 10.0 Å². The zero-order valence-corrected chi connectivity index (χ0v) is 10.2. The van der Waals surface area contributed by atoms with Crippen LogP contribution in [0.25, 0.3) is 0 Å². The third kappa shape index (κ3) is 4.76. The number of sulfonamides is 1. The van der Waals surface area contributed by atoms with Gasteiger partial charge in [-0.1, -0.05) is 6.92 Å². The molecular formula is C9H13N5O2S. The van der Waals surface area contributed by atoms with Gasteiger partial charge in [0.25, 0.3) is 0 Å². The minimum atomic E-state index is -3.23. The zero-order chi connectivity index (χ0) is 12.7. The van der Waals surface area contributed by atoms with Crippen molar-refractivity contribution in [1.29, 1.82) is 5.26 Å². The highest BCUT2D eigenvalue weighted by Crippen LogP contribution is 1.99. The molecule has 0 saturated heterocycles.